The fraction of sp³-hybridized carbons (Fsp3) is 0.818. The van der Waals surface area contributed by atoms with Crippen LogP contribution >= 0.6 is 0 Å². The number of hydrogen-bond donors (Lipinski definition) is 1. The summed E-state index contributed by atoms with van der Waals surface area (Å²) in [5, 5.41) is 0. The molecule has 0 fully saturated rings. The van der Waals surface area contributed by atoms with Crippen LogP contribution in [-0.2, 0) is 4.74 Å². The third-order valence-electron chi connectivity index (χ3n) is 2.12. The van der Waals surface area contributed by atoms with Gasteiger partial charge in [0.05, 0.1) is 5.60 Å². The molecule has 0 aliphatic rings. The SMILES string of the molecule is CC#CCCC(N)CC(C)(C)OC. The molecule has 2 N–H and O–H groups in total. The molecule has 0 aromatic heterocycles. The summed E-state index contributed by atoms with van der Waals surface area (Å²) in [4.78, 5) is 0. The third-order valence-corrected chi connectivity index (χ3v) is 2.12. The van der Waals surface area contributed by atoms with E-state index in [-0.39, 0.29) is 11.6 Å². The van der Waals surface area contributed by atoms with Gasteiger partial charge in [0, 0.05) is 19.6 Å². The van der Waals surface area contributed by atoms with Crippen molar-refractivity contribution in [2.45, 2.75) is 51.7 Å². The highest BCUT2D eigenvalue weighted by Crippen LogP contribution is 2.16. The van der Waals surface area contributed by atoms with Crippen molar-refractivity contribution in [1.82, 2.24) is 0 Å². The zero-order chi connectivity index (χ0) is 10.3. The Hall–Kier alpha value is -0.520. The number of ether oxygens (including phenoxy) is 1. The summed E-state index contributed by atoms with van der Waals surface area (Å²) in [6.45, 7) is 5.96. The fourth-order valence-electron chi connectivity index (χ4n) is 1.20. The molecule has 0 rings (SSSR count). The Morgan fingerprint density at radius 1 is 1.46 bits per heavy atom. The Kier molecular flexibility index (Phi) is 5.77. The standard InChI is InChI=1S/C11H21NO/c1-5-6-7-8-10(12)9-11(2,3)13-4/h10H,7-9,12H2,1-4H3. The Labute approximate surface area is 81.8 Å². The van der Waals surface area contributed by atoms with Gasteiger partial charge >= 0.3 is 0 Å². The Bertz CT molecular complexity index is 188. The van der Waals surface area contributed by atoms with Crippen LogP contribution in [0.2, 0.25) is 0 Å². The van der Waals surface area contributed by atoms with Gasteiger partial charge in [-0.05, 0) is 33.6 Å². The second-order valence-electron chi connectivity index (χ2n) is 3.89. The van der Waals surface area contributed by atoms with Gasteiger partial charge in [0.1, 0.15) is 0 Å². The molecular formula is C11H21NO. The minimum absolute atomic E-state index is 0.112. The van der Waals surface area contributed by atoms with Gasteiger partial charge in [-0.15, -0.1) is 11.8 Å². The molecule has 0 saturated heterocycles. The molecule has 0 bridgehead atoms. The molecule has 2 heteroatoms. The molecule has 76 valence electrons. The Morgan fingerprint density at radius 3 is 2.54 bits per heavy atom. The molecule has 0 radical (unpaired) electrons. The monoisotopic (exact) mass is 183 g/mol. The lowest BCUT2D eigenvalue weighted by Gasteiger charge is -2.26. The first-order valence-electron chi connectivity index (χ1n) is 4.72. The van der Waals surface area contributed by atoms with Crippen LogP contribution in [0.1, 0.15) is 40.0 Å². The van der Waals surface area contributed by atoms with Crippen molar-refractivity contribution in [1.29, 1.82) is 0 Å². The maximum Gasteiger partial charge on any atom is 0.0637 e. The lowest BCUT2D eigenvalue weighted by atomic mass is 9.96. The van der Waals surface area contributed by atoms with E-state index in [4.69, 9.17) is 10.5 Å². The minimum Gasteiger partial charge on any atom is -0.379 e. The topological polar surface area (TPSA) is 35.2 Å². The zero-order valence-corrected chi connectivity index (χ0v) is 9.18. The molecule has 0 aliphatic heterocycles. The zero-order valence-electron chi connectivity index (χ0n) is 9.18. The second-order valence-corrected chi connectivity index (χ2v) is 3.89. The van der Waals surface area contributed by atoms with E-state index in [0.717, 1.165) is 19.3 Å². The first-order chi connectivity index (χ1) is 6.02. The number of nitrogens with two attached hydrogens (primary N) is 1. The maximum absolute atomic E-state index is 5.93. The maximum atomic E-state index is 5.93. The van der Waals surface area contributed by atoms with Crippen molar-refractivity contribution in [2.75, 3.05) is 7.11 Å². The first kappa shape index (κ1) is 12.5. The Balaban J connectivity index is 3.71. The summed E-state index contributed by atoms with van der Waals surface area (Å²) < 4.78 is 5.30. The van der Waals surface area contributed by atoms with Gasteiger partial charge in [-0.1, -0.05) is 0 Å². The van der Waals surface area contributed by atoms with Crippen LogP contribution < -0.4 is 5.73 Å². The molecule has 1 unspecified atom stereocenters. The minimum atomic E-state index is -0.112. The normalized spacial score (nSPS) is 13.3. The summed E-state index contributed by atoms with van der Waals surface area (Å²) in [7, 11) is 1.72. The highest BCUT2D eigenvalue weighted by Gasteiger charge is 2.19. The summed E-state index contributed by atoms with van der Waals surface area (Å²) in [5.41, 5.74) is 5.82. The van der Waals surface area contributed by atoms with Crippen molar-refractivity contribution in [3.05, 3.63) is 0 Å². The van der Waals surface area contributed by atoms with Crippen LogP contribution in [0.4, 0.5) is 0 Å². The molecule has 0 aromatic rings. The summed E-state index contributed by atoms with van der Waals surface area (Å²) in [5.74, 6) is 5.88. The van der Waals surface area contributed by atoms with Crippen LogP contribution in [0.3, 0.4) is 0 Å². The highest BCUT2D eigenvalue weighted by molar-refractivity contribution is 4.95. The molecular weight excluding hydrogens is 162 g/mol. The van der Waals surface area contributed by atoms with E-state index in [2.05, 4.69) is 25.7 Å². The lowest BCUT2D eigenvalue weighted by Crippen LogP contribution is -2.33. The van der Waals surface area contributed by atoms with Gasteiger partial charge in [0.25, 0.3) is 0 Å². The van der Waals surface area contributed by atoms with E-state index in [0.29, 0.717) is 0 Å². The molecule has 2 nitrogen and oxygen atoms in total. The van der Waals surface area contributed by atoms with E-state index in [1.54, 1.807) is 7.11 Å². The van der Waals surface area contributed by atoms with Gasteiger partial charge in [0.15, 0.2) is 0 Å². The quantitative estimate of drug-likeness (QED) is 0.661. The number of methoxy groups -OCH3 is 1. The largest absolute Gasteiger partial charge is 0.379 e. The van der Waals surface area contributed by atoms with Crippen LogP contribution in [0.15, 0.2) is 0 Å². The van der Waals surface area contributed by atoms with E-state index >= 15 is 0 Å². The molecule has 0 aromatic carbocycles. The van der Waals surface area contributed by atoms with Crippen LogP contribution in [0, 0.1) is 11.8 Å². The van der Waals surface area contributed by atoms with Gasteiger partial charge in [-0.3, -0.25) is 0 Å². The van der Waals surface area contributed by atoms with Crippen molar-refractivity contribution < 1.29 is 4.74 Å². The predicted molar refractivity (Wildman–Crippen MR) is 56.4 cm³/mol. The fourth-order valence-corrected chi connectivity index (χ4v) is 1.20. The molecule has 0 saturated carbocycles. The van der Waals surface area contributed by atoms with Crippen LogP contribution in [0.25, 0.3) is 0 Å². The van der Waals surface area contributed by atoms with Gasteiger partial charge in [-0.25, -0.2) is 0 Å². The summed E-state index contributed by atoms with van der Waals surface area (Å²) in [6, 6.07) is 0.191. The first-order valence-corrected chi connectivity index (χ1v) is 4.72. The smallest absolute Gasteiger partial charge is 0.0637 e. The average Bonchev–Trinajstić information content (AvgIpc) is 2.04. The summed E-state index contributed by atoms with van der Waals surface area (Å²) >= 11 is 0. The molecule has 0 aliphatic carbocycles. The number of hydrogen-bond acceptors (Lipinski definition) is 2. The van der Waals surface area contributed by atoms with E-state index < -0.39 is 0 Å². The molecule has 0 spiro atoms. The molecule has 13 heavy (non-hydrogen) atoms. The van der Waals surface area contributed by atoms with Crippen molar-refractivity contribution in [2.24, 2.45) is 5.73 Å². The molecule has 0 amide bonds. The summed E-state index contributed by atoms with van der Waals surface area (Å²) in [6.07, 6.45) is 2.72. The Morgan fingerprint density at radius 2 is 2.08 bits per heavy atom. The van der Waals surface area contributed by atoms with Crippen molar-refractivity contribution >= 4 is 0 Å². The van der Waals surface area contributed by atoms with Crippen molar-refractivity contribution in [3.8, 4) is 11.8 Å². The lowest BCUT2D eigenvalue weighted by molar-refractivity contribution is 0.00968. The van der Waals surface area contributed by atoms with E-state index in [9.17, 15) is 0 Å². The third kappa shape index (κ3) is 6.62. The molecule has 0 heterocycles. The van der Waals surface area contributed by atoms with E-state index in [1.165, 1.54) is 0 Å². The van der Waals surface area contributed by atoms with E-state index in [1.807, 2.05) is 6.92 Å². The van der Waals surface area contributed by atoms with Gasteiger partial charge in [0.2, 0.25) is 0 Å². The predicted octanol–water partition coefficient (Wildman–Crippen LogP) is 1.93. The van der Waals surface area contributed by atoms with Gasteiger partial charge in [-0.2, -0.15) is 0 Å². The van der Waals surface area contributed by atoms with Crippen LogP contribution in [0.5, 0.6) is 0 Å². The van der Waals surface area contributed by atoms with Gasteiger partial charge < -0.3 is 10.5 Å². The average molecular weight is 183 g/mol. The number of rotatable bonds is 5. The van der Waals surface area contributed by atoms with Crippen LogP contribution in [-0.4, -0.2) is 18.8 Å². The van der Waals surface area contributed by atoms with Crippen molar-refractivity contribution in [3.63, 3.8) is 0 Å². The second kappa shape index (κ2) is 6.01. The molecule has 1 atom stereocenters. The highest BCUT2D eigenvalue weighted by atomic mass is 16.5.